The number of alkyl halides is 3. The second kappa shape index (κ2) is 18.7. The third kappa shape index (κ3) is 9.11. The van der Waals surface area contributed by atoms with Crippen molar-refractivity contribution in [3.63, 3.8) is 0 Å². The number of anilines is 3. The van der Waals surface area contributed by atoms with Crippen LogP contribution in [0.15, 0.2) is 85.2 Å². The molecule has 3 fully saturated rings. The average Bonchev–Trinajstić information content (AvgIpc) is 4.04. The topological polar surface area (TPSA) is 148 Å². The second-order valence-electron chi connectivity index (χ2n) is 19.3. The van der Waals surface area contributed by atoms with E-state index >= 15 is 0 Å². The first-order chi connectivity index (χ1) is 33.6. The summed E-state index contributed by atoms with van der Waals surface area (Å²) in [4.78, 5) is 76.3. The minimum atomic E-state index is -4.64. The van der Waals surface area contributed by atoms with Gasteiger partial charge >= 0.3 is 6.18 Å². The fraction of sp³-hybridized carbons (Fsp3) is 0.404. The van der Waals surface area contributed by atoms with Crippen LogP contribution in [0.5, 0.6) is 0 Å². The number of carbonyl (C=O) groups is 5. The number of nitrogens with zero attached hydrogens (tertiary/aromatic N) is 9. The first kappa shape index (κ1) is 46.6. The van der Waals surface area contributed by atoms with Crippen LogP contribution in [0.3, 0.4) is 0 Å². The molecule has 10 rings (SSSR count). The van der Waals surface area contributed by atoms with E-state index in [0.717, 1.165) is 67.3 Å². The molecule has 364 valence electrons. The number of imide groups is 1. The van der Waals surface area contributed by atoms with Gasteiger partial charge in [-0.3, -0.25) is 34.2 Å². The maximum atomic E-state index is 14.6. The standard InChI is InChI=1S/C52H55F3N10O5/c1-32(47-58-56-31-60(47)3)36-5-4-6-40(25-36)64-30-43-42(51(64)70)23-34(24-44(43)52(53,54)55)28-61-17-15-33(16-18-61)27-59(2)49(68)35-7-9-38(10-8-35)62-19-21-63(22-20-62)39-11-12-41-37(26-39)29-65(50(41)69)45-13-14-46(66)57-48(45)67/h4-12,23-26,31-33,45H,13-22,27-30H2,1-3H3,(H,57,66,67)/t32-,45?/m1/s1. The summed E-state index contributed by atoms with van der Waals surface area (Å²) >= 11 is 0. The van der Waals surface area contributed by atoms with Crippen molar-refractivity contribution in [1.82, 2.24) is 34.8 Å². The van der Waals surface area contributed by atoms with Crippen LogP contribution < -0.4 is 20.0 Å². The predicted molar refractivity (Wildman–Crippen MR) is 255 cm³/mol. The summed E-state index contributed by atoms with van der Waals surface area (Å²) in [6, 6.07) is 23.0. The number of carbonyl (C=O) groups excluding carboxylic acids is 5. The summed E-state index contributed by atoms with van der Waals surface area (Å²) in [6.07, 6.45) is -0.937. The molecule has 5 aromatic rings. The molecule has 0 radical (unpaired) electrons. The van der Waals surface area contributed by atoms with Gasteiger partial charge in [0, 0.05) is 106 Å². The molecule has 5 aliphatic heterocycles. The Balaban J connectivity index is 0.705. The quantitative estimate of drug-likeness (QED) is 0.152. The lowest BCUT2D eigenvalue weighted by molar-refractivity contribution is -0.138. The van der Waals surface area contributed by atoms with Crippen molar-refractivity contribution in [1.29, 1.82) is 0 Å². The van der Waals surface area contributed by atoms with Crippen molar-refractivity contribution >= 4 is 46.6 Å². The molecular weight excluding hydrogens is 902 g/mol. The first-order valence-electron chi connectivity index (χ1n) is 23.9. The zero-order valence-electron chi connectivity index (χ0n) is 39.4. The molecule has 1 unspecified atom stereocenters. The second-order valence-corrected chi connectivity index (χ2v) is 19.3. The number of piperidine rings is 2. The van der Waals surface area contributed by atoms with Gasteiger partial charge in [0.2, 0.25) is 11.8 Å². The van der Waals surface area contributed by atoms with E-state index in [1.807, 2.05) is 73.1 Å². The Morgan fingerprint density at radius 2 is 1.53 bits per heavy atom. The largest absolute Gasteiger partial charge is 0.416 e. The SMILES string of the molecule is C[C@H](c1cccc(N2Cc3c(cc(CN4CCC(CN(C)C(=O)c5ccc(N6CCN(c7ccc8c(c7)CN(C7CCC(=O)NC7=O)C8=O)CC6)cc5)CC4)cc3C(F)(F)F)C2=O)c1)c1nncn1C. The van der Waals surface area contributed by atoms with Crippen LogP contribution in [0.1, 0.15) is 103 Å². The molecule has 0 saturated carbocycles. The highest BCUT2D eigenvalue weighted by molar-refractivity contribution is 6.10. The molecule has 0 bridgehead atoms. The molecule has 1 N–H and O–H groups in total. The molecule has 0 aliphatic carbocycles. The normalized spacial score (nSPS) is 19.4. The zero-order valence-corrected chi connectivity index (χ0v) is 39.4. The average molecular weight is 957 g/mol. The van der Waals surface area contributed by atoms with E-state index in [4.69, 9.17) is 0 Å². The molecule has 6 heterocycles. The van der Waals surface area contributed by atoms with E-state index < -0.39 is 29.6 Å². The van der Waals surface area contributed by atoms with Crippen LogP contribution in [0.2, 0.25) is 0 Å². The molecular formula is C52H55F3N10O5. The van der Waals surface area contributed by atoms with Gasteiger partial charge in [0.15, 0.2) is 0 Å². The fourth-order valence-electron chi connectivity index (χ4n) is 10.9. The number of amides is 5. The Morgan fingerprint density at radius 1 is 0.814 bits per heavy atom. The predicted octanol–water partition coefficient (Wildman–Crippen LogP) is 6.22. The molecule has 5 aliphatic rings. The maximum Gasteiger partial charge on any atom is 0.416 e. The number of likely N-dealkylation sites (tertiary alicyclic amines) is 1. The Kier molecular flexibility index (Phi) is 12.4. The lowest BCUT2D eigenvalue weighted by atomic mass is 9.94. The number of rotatable bonds is 11. The van der Waals surface area contributed by atoms with Crippen molar-refractivity contribution in [2.24, 2.45) is 13.0 Å². The summed E-state index contributed by atoms with van der Waals surface area (Å²) < 4.78 is 45.7. The van der Waals surface area contributed by atoms with Gasteiger partial charge in [-0.15, -0.1) is 10.2 Å². The highest BCUT2D eigenvalue weighted by Gasteiger charge is 2.42. The summed E-state index contributed by atoms with van der Waals surface area (Å²) in [5, 5.41) is 10.5. The molecule has 5 amide bonds. The molecule has 1 aromatic heterocycles. The third-order valence-electron chi connectivity index (χ3n) is 14.8. The van der Waals surface area contributed by atoms with E-state index in [9.17, 15) is 37.1 Å². The molecule has 18 heteroatoms. The maximum absolute atomic E-state index is 14.6. The van der Waals surface area contributed by atoms with Crippen molar-refractivity contribution in [3.8, 4) is 0 Å². The Hall–Kier alpha value is -7.08. The highest BCUT2D eigenvalue weighted by atomic mass is 19.4. The molecule has 4 aromatic carbocycles. The van der Waals surface area contributed by atoms with Gasteiger partial charge in [0.25, 0.3) is 17.7 Å². The number of hydrogen-bond donors (Lipinski definition) is 1. The van der Waals surface area contributed by atoms with E-state index in [2.05, 4.69) is 30.2 Å². The van der Waals surface area contributed by atoms with Gasteiger partial charge in [0.05, 0.1) is 12.1 Å². The lowest BCUT2D eigenvalue weighted by Crippen LogP contribution is -2.52. The first-order valence-corrected chi connectivity index (χ1v) is 23.9. The summed E-state index contributed by atoms with van der Waals surface area (Å²) in [6.45, 7) is 7.31. The van der Waals surface area contributed by atoms with Crippen molar-refractivity contribution in [2.75, 3.05) is 67.6 Å². The zero-order chi connectivity index (χ0) is 49.0. The van der Waals surface area contributed by atoms with Crippen LogP contribution in [-0.2, 0) is 42.4 Å². The van der Waals surface area contributed by atoms with Crippen molar-refractivity contribution < 1.29 is 37.1 Å². The number of piperazine rings is 1. The molecule has 15 nitrogen and oxygen atoms in total. The van der Waals surface area contributed by atoms with Crippen molar-refractivity contribution in [2.45, 2.75) is 70.4 Å². The number of halogens is 3. The van der Waals surface area contributed by atoms with Crippen LogP contribution in [-0.4, -0.2) is 118 Å². The fourth-order valence-corrected chi connectivity index (χ4v) is 10.9. The molecule has 2 atom stereocenters. The van der Waals surface area contributed by atoms with Gasteiger partial charge in [0.1, 0.15) is 18.2 Å². The van der Waals surface area contributed by atoms with Crippen LogP contribution in [0, 0.1) is 5.92 Å². The van der Waals surface area contributed by atoms with E-state index in [0.29, 0.717) is 55.0 Å². The van der Waals surface area contributed by atoms with E-state index in [-0.39, 0.29) is 60.2 Å². The van der Waals surface area contributed by atoms with Gasteiger partial charge in [-0.25, -0.2) is 0 Å². The Labute approximate surface area is 403 Å². The number of benzene rings is 4. The number of hydrogen-bond acceptors (Lipinski definition) is 10. The number of nitrogens with one attached hydrogen (secondary N) is 1. The summed E-state index contributed by atoms with van der Waals surface area (Å²) in [5.41, 5.74) is 5.22. The summed E-state index contributed by atoms with van der Waals surface area (Å²) in [5.74, 6) is -0.651. The smallest absolute Gasteiger partial charge is 0.368 e. The molecule has 70 heavy (non-hydrogen) atoms. The van der Waals surface area contributed by atoms with Gasteiger partial charge in [-0.1, -0.05) is 19.1 Å². The van der Waals surface area contributed by atoms with Gasteiger partial charge in [-0.2, -0.15) is 13.2 Å². The molecule has 0 spiro atoms. The monoisotopic (exact) mass is 956 g/mol. The Morgan fingerprint density at radius 3 is 2.21 bits per heavy atom. The number of aryl methyl sites for hydroxylation is 1. The van der Waals surface area contributed by atoms with E-state index in [1.54, 1.807) is 41.4 Å². The van der Waals surface area contributed by atoms with Crippen molar-refractivity contribution in [3.05, 3.63) is 136 Å². The van der Waals surface area contributed by atoms with Crippen LogP contribution in [0.4, 0.5) is 30.2 Å². The molecule has 3 saturated heterocycles. The van der Waals surface area contributed by atoms with Crippen LogP contribution in [0.25, 0.3) is 0 Å². The number of fused-ring (bicyclic) bond motifs is 2. The lowest BCUT2D eigenvalue weighted by Gasteiger charge is -2.37. The summed E-state index contributed by atoms with van der Waals surface area (Å²) in [7, 11) is 3.65. The number of aromatic nitrogens is 3. The van der Waals surface area contributed by atoms with Crippen LogP contribution >= 0.6 is 0 Å². The van der Waals surface area contributed by atoms with E-state index in [1.165, 1.54) is 11.0 Å². The minimum absolute atomic E-state index is 0.00985. The Bertz CT molecular complexity index is 2870. The third-order valence-corrected chi connectivity index (χ3v) is 14.8. The minimum Gasteiger partial charge on any atom is -0.368 e. The highest BCUT2D eigenvalue weighted by Crippen LogP contribution is 2.41. The van der Waals surface area contributed by atoms with Gasteiger partial charge < -0.3 is 29.1 Å². The van der Waals surface area contributed by atoms with Gasteiger partial charge in [-0.05, 0) is 127 Å².